The maximum atomic E-state index is 14.9. The van der Waals surface area contributed by atoms with E-state index in [2.05, 4.69) is 4.72 Å². The van der Waals surface area contributed by atoms with E-state index in [1.807, 2.05) is 0 Å². The van der Waals surface area contributed by atoms with Crippen molar-refractivity contribution in [1.29, 1.82) is 0 Å². The molecule has 9 nitrogen and oxygen atoms in total. The lowest BCUT2D eigenvalue weighted by Gasteiger charge is -2.31. The van der Waals surface area contributed by atoms with Gasteiger partial charge in [-0.05, 0) is 48.9 Å². The predicted octanol–water partition coefficient (Wildman–Crippen LogP) is 2.06. The first-order chi connectivity index (χ1) is 16.9. The Hall–Kier alpha value is -3.15. The van der Waals surface area contributed by atoms with Gasteiger partial charge in [-0.15, -0.1) is 0 Å². The number of carbonyl (C=O) groups excluding carboxylic acids is 1. The first kappa shape index (κ1) is 23.3. The van der Waals surface area contributed by atoms with Gasteiger partial charge < -0.3 is 14.4 Å². The number of pyridine rings is 2. The molecular weight excluding hydrogens is 489 g/mol. The smallest absolute Gasteiger partial charge is 0.343 e. The quantitative estimate of drug-likeness (QED) is 0.402. The summed E-state index contributed by atoms with van der Waals surface area (Å²) < 4.78 is 48.6. The SMILES string of the molecule is CC[C@@]1(O)C(=O)OCc2c1cc1n(c2=O)Cc2c-1nc1cc(F)c(C)c3c1c2[C@@H](NS(C)(=O)=O)CC3. The highest BCUT2D eigenvalue weighted by atomic mass is 32.2. The summed E-state index contributed by atoms with van der Waals surface area (Å²) in [5, 5.41) is 11.8. The average Bonchev–Trinajstić information content (AvgIpc) is 3.18. The summed E-state index contributed by atoms with van der Waals surface area (Å²) in [6.07, 6.45) is 2.01. The number of hydrogen-bond acceptors (Lipinski definition) is 7. The molecule has 2 N–H and O–H groups in total. The molecule has 1 aromatic carbocycles. The maximum Gasteiger partial charge on any atom is 0.343 e. The molecule has 6 rings (SSSR count). The third-order valence-electron chi connectivity index (χ3n) is 7.73. The van der Waals surface area contributed by atoms with E-state index in [0.29, 0.717) is 51.8 Å². The highest BCUT2D eigenvalue weighted by molar-refractivity contribution is 7.88. The Morgan fingerprint density at radius 1 is 1.28 bits per heavy atom. The highest BCUT2D eigenvalue weighted by Gasteiger charge is 2.46. The van der Waals surface area contributed by atoms with E-state index in [1.54, 1.807) is 19.9 Å². The number of nitrogens with one attached hydrogen (secondary N) is 1. The molecule has 0 saturated heterocycles. The van der Waals surface area contributed by atoms with Gasteiger partial charge in [-0.1, -0.05) is 6.92 Å². The Labute approximate surface area is 206 Å². The zero-order valence-corrected chi connectivity index (χ0v) is 20.8. The number of sulfonamides is 1. The summed E-state index contributed by atoms with van der Waals surface area (Å²) in [6, 6.07) is 2.35. The van der Waals surface area contributed by atoms with Crippen LogP contribution in [-0.2, 0) is 44.7 Å². The first-order valence-electron chi connectivity index (χ1n) is 11.7. The Morgan fingerprint density at radius 3 is 2.72 bits per heavy atom. The van der Waals surface area contributed by atoms with E-state index in [-0.39, 0.29) is 30.7 Å². The summed E-state index contributed by atoms with van der Waals surface area (Å²) in [5.74, 6) is -1.23. The van der Waals surface area contributed by atoms with E-state index < -0.39 is 39.0 Å². The summed E-state index contributed by atoms with van der Waals surface area (Å²) in [5.41, 5.74) is 1.79. The molecule has 0 bridgehead atoms. The molecule has 3 aliphatic rings. The van der Waals surface area contributed by atoms with E-state index in [0.717, 1.165) is 11.8 Å². The van der Waals surface area contributed by atoms with E-state index >= 15 is 0 Å². The van der Waals surface area contributed by atoms with Crippen molar-refractivity contribution in [3.05, 3.63) is 61.7 Å². The summed E-state index contributed by atoms with van der Waals surface area (Å²) in [7, 11) is -3.57. The van der Waals surface area contributed by atoms with Crippen molar-refractivity contribution in [2.45, 2.75) is 57.9 Å². The number of fused-ring (bicyclic) bond motifs is 5. The van der Waals surface area contributed by atoms with Crippen LogP contribution in [0.5, 0.6) is 0 Å². The molecule has 3 aromatic rings. The lowest BCUT2D eigenvalue weighted by Crippen LogP contribution is -2.44. The molecule has 2 atom stereocenters. The van der Waals surface area contributed by atoms with Gasteiger partial charge in [-0.3, -0.25) is 4.79 Å². The Bertz CT molecular complexity index is 1700. The van der Waals surface area contributed by atoms with Crippen molar-refractivity contribution >= 4 is 26.9 Å². The van der Waals surface area contributed by atoms with Crippen molar-refractivity contribution in [2.75, 3.05) is 6.26 Å². The van der Waals surface area contributed by atoms with Gasteiger partial charge in [-0.2, -0.15) is 0 Å². The van der Waals surface area contributed by atoms with Crippen molar-refractivity contribution in [2.24, 2.45) is 0 Å². The fourth-order valence-electron chi connectivity index (χ4n) is 5.93. The van der Waals surface area contributed by atoms with Crippen molar-refractivity contribution in [1.82, 2.24) is 14.3 Å². The molecule has 0 amide bonds. The molecular formula is C25H24FN3O6S. The molecule has 11 heteroatoms. The molecule has 2 aliphatic heterocycles. The van der Waals surface area contributed by atoms with Gasteiger partial charge in [0, 0.05) is 28.6 Å². The minimum absolute atomic E-state index is 0.0131. The third-order valence-corrected chi connectivity index (χ3v) is 8.45. The fraction of sp³-hybridized carbons (Fsp3) is 0.400. The second kappa shape index (κ2) is 7.44. The van der Waals surface area contributed by atoms with Crippen LogP contribution in [0, 0.1) is 12.7 Å². The van der Waals surface area contributed by atoms with Gasteiger partial charge in [0.2, 0.25) is 10.0 Å². The van der Waals surface area contributed by atoms with Crippen LogP contribution >= 0.6 is 0 Å². The molecule has 0 unspecified atom stereocenters. The van der Waals surface area contributed by atoms with Crippen molar-refractivity contribution < 1.29 is 27.4 Å². The second-order valence-electron chi connectivity index (χ2n) is 9.79. The average molecular weight is 514 g/mol. The van der Waals surface area contributed by atoms with Gasteiger partial charge in [0.15, 0.2) is 5.60 Å². The number of esters is 1. The van der Waals surface area contributed by atoms with Gasteiger partial charge in [-0.25, -0.2) is 27.3 Å². The van der Waals surface area contributed by atoms with Gasteiger partial charge in [0.25, 0.3) is 5.56 Å². The number of hydrogen-bond donors (Lipinski definition) is 2. The normalized spacial score (nSPS) is 22.2. The second-order valence-corrected chi connectivity index (χ2v) is 11.6. The van der Waals surface area contributed by atoms with Gasteiger partial charge in [0.05, 0.1) is 35.3 Å². The third kappa shape index (κ3) is 3.06. The molecule has 0 fully saturated rings. The van der Waals surface area contributed by atoms with Crippen LogP contribution in [0.15, 0.2) is 16.9 Å². The number of benzene rings is 1. The Morgan fingerprint density at radius 2 is 2.03 bits per heavy atom. The van der Waals surface area contributed by atoms with Gasteiger partial charge >= 0.3 is 5.97 Å². The summed E-state index contributed by atoms with van der Waals surface area (Å²) in [6.45, 7) is 3.20. The number of halogens is 1. The molecule has 1 aliphatic carbocycles. The monoisotopic (exact) mass is 513 g/mol. The summed E-state index contributed by atoms with van der Waals surface area (Å²) >= 11 is 0. The van der Waals surface area contributed by atoms with Crippen LogP contribution < -0.4 is 10.3 Å². The lowest BCUT2D eigenvalue weighted by atomic mass is 9.82. The molecule has 0 saturated carbocycles. The fourth-order valence-corrected chi connectivity index (χ4v) is 6.68. The van der Waals surface area contributed by atoms with Crippen LogP contribution in [0.25, 0.3) is 22.3 Å². The lowest BCUT2D eigenvalue weighted by molar-refractivity contribution is -0.172. The van der Waals surface area contributed by atoms with E-state index in [9.17, 15) is 27.5 Å². The van der Waals surface area contributed by atoms with Crippen LogP contribution in [-0.4, -0.2) is 35.3 Å². The van der Waals surface area contributed by atoms with Crippen molar-refractivity contribution in [3.63, 3.8) is 0 Å². The number of cyclic esters (lactones) is 1. The standard InChI is InChI=1S/C25H24FN3O6S/c1-4-25(32)15-7-19-22-13(9-29(19)23(30)14(15)10-35-24(25)31)21-17(28-36(3,33)34)6-5-12-11(2)16(26)8-18(27-22)20(12)21/h7-8,17,28,32H,4-6,9-10H2,1-3H3/t17-,25-/m0/s1. The van der Waals surface area contributed by atoms with E-state index in [4.69, 9.17) is 9.72 Å². The predicted molar refractivity (Wildman–Crippen MR) is 128 cm³/mol. The van der Waals surface area contributed by atoms with Crippen LogP contribution in [0.1, 0.15) is 59.2 Å². The number of aryl methyl sites for hydroxylation is 1. The van der Waals surface area contributed by atoms with E-state index in [1.165, 1.54) is 10.6 Å². The zero-order valence-electron chi connectivity index (χ0n) is 19.9. The molecule has 0 radical (unpaired) electrons. The number of carbonyl (C=O) groups is 1. The number of aromatic nitrogens is 2. The minimum atomic E-state index is -3.57. The molecule has 36 heavy (non-hydrogen) atoms. The zero-order chi connectivity index (χ0) is 25.7. The topological polar surface area (TPSA) is 128 Å². The Kier molecular flexibility index (Phi) is 4.80. The van der Waals surface area contributed by atoms with Crippen molar-refractivity contribution in [3.8, 4) is 11.4 Å². The van der Waals surface area contributed by atoms with Crippen LogP contribution in [0.3, 0.4) is 0 Å². The number of nitrogens with zero attached hydrogens (tertiary/aromatic N) is 2. The largest absolute Gasteiger partial charge is 0.458 e. The minimum Gasteiger partial charge on any atom is -0.458 e. The number of rotatable bonds is 3. The van der Waals surface area contributed by atoms with Crippen LogP contribution in [0.4, 0.5) is 4.39 Å². The first-order valence-corrected chi connectivity index (χ1v) is 13.6. The number of ether oxygens (including phenoxy) is 1. The molecule has 2 aromatic heterocycles. The van der Waals surface area contributed by atoms with Crippen LogP contribution in [0.2, 0.25) is 0 Å². The summed E-state index contributed by atoms with van der Waals surface area (Å²) in [4.78, 5) is 30.7. The highest BCUT2D eigenvalue weighted by Crippen LogP contribution is 2.46. The molecule has 0 spiro atoms. The number of aliphatic hydroxyl groups is 1. The molecule has 188 valence electrons. The maximum absolute atomic E-state index is 14.9. The Balaban J connectivity index is 1.69. The van der Waals surface area contributed by atoms with Gasteiger partial charge in [0.1, 0.15) is 12.4 Å². The molecule has 4 heterocycles.